The highest BCUT2D eigenvalue weighted by molar-refractivity contribution is 5.94. The van der Waals surface area contributed by atoms with Gasteiger partial charge in [0.2, 0.25) is 5.82 Å². The molecule has 0 atom stereocenters. The van der Waals surface area contributed by atoms with Crippen molar-refractivity contribution in [2.45, 2.75) is 0 Å². The van der Waals surface area contributed by atoms with E-state index in [-0.39, 0.29) is 23.1 Å². The lowest BCUT2D eigenvalue weighted by Crippen LogP contribution is -2.18. The van der Waals surface area contributed by atoms with E-state index in [9.17, 15) is 9.18 Å². The quantitative estimate of drug-likeness (QED) is 0.421. The number of rotatable bonds is 4. The summed E-state index contributed by atoms with van der Waals surface area (Å²) in [7, 11) is 1.57. The van der Waals surface area contributed by atoms with Crippen LogP contribution in [0.25, 0.3) is 39.3 Å². The summed E-state index contributed by atoms with van der Waals surface area (Å²) in [5.74, 6) is 0.732. The molecule has 0 bridgehead atoms. The van der Waals surface area contributed by atoms with Gasteiger partial charge in [-0.3, -0.25) is 9.36 Å². The molecule has 0 aliphatic heterocycles. The first kappa shape index (κ1) is 18.7. The Labute approximate surface area is 176 Å². The summed E-state index contributed by atoms with van der Waals surface area (Å²) in [4.78, 5) is 17.6. The first-order valence-electron chi connectivity index (χ1n) is 9.53. The van der Waals surface area contributed by atoms with Gasteiger partial charge in [0, 0.05) is 28.6 Å². The Morgan fingerprint density at radius 3 is 2.58 bits per heavy atom. The molecule has 2 aromatic heterocycles. The van der Waals surface area contributed by atoms with Crippen LogP contribution < -0.4 is 10.3 Å². The van der Waals surface area contributed by atoms with Crippen LogP contribution in [-0.4, -0.2) is 21.8 Å². The third-order valence-electron chi connectivity index (χ3n) is 5.00. The molecule has 6 nitrogen and oxygen atoms in total. The SMILES string of the molecule is COc1cccc(-n2cc(-c3nc(-c4cccc(F)c4)no3)c3ccccc3c2=O)c1. The van der Waals surface area contributed by atoms with E-state index in [0.717, 1.165) is 0 Å². The van der Waals surface area contributed by atoms with Gasteiger partial charge in [0.25, 0.3) is 11.4 Å². The third kappa shape index (κ3) is 3.36. The van der Waals surface area contributed by atoms with Gasteiger partial charge in [-0.15, -0.1) is 0 Å². The Bertz CT molecular complexity index is 1470. The van der Waals surface area contributed by atoms with E-state index < -0.39 is 0 Å². The van der Waals surface area contributed by atoms with E-state index in [1.54, 1.807) is 49.7 Å². The monoisotopic (exact) mass is 413 g/mol. The van der Waals surface area contributed by atoms with Crippen LogP contribution in [0.2, 0.25) is 0 Å². The predicted molar refractivity (Wildman–Crippen MR) is 115 cm³/mol. The van der Waals surface area contributed by atoms with Gasteiger partial charge in [0.1, 0.15) is 11.6 Å². The minimum atomic E-state index is -0.388. The summed E-state index contributed by atoms with van der Waals surface area (Å²) in [6.07, 6.45) is 1.67. The molecule has 31 heavy (non-hydrogen) atoms. The molecule has 0 unspecified atom stereocenters. The van der Waals surface area contributed by atoms with Gasteiger partial charge in [-0.05, 0) is 30.3 Å². The maximum atomic E-state index is 13.6. The third-order valence-corrected chi connectivity index (χ3v) is 5.00. The second-order valence-corrected chi connectivity index (χ2v) is 6.90. The Kier molecular flexibility index (Phi) is 4.55. The molecular weight excluding hydrogens is 397 g/mol. The van der Waals surface area contributed by atoms with Crippen LogP contribution in [0.5, 0.6) is 5.75 Å². The zero-order chi connectivity index (χ0) is 21.4. The summed E-state index contributed by atoms with van der Waals surface area (Å²) >= 11 is 0. The maximum Gasteiger partial charge on any atom is 0.262 e. The molecule has 0 aliphatic carbocycles. The van der Waals surface area contributed by atoms with Crippen LogP contribution >= 0.6 is 0 Å². The zero-order valence-electron chi connectivity index (χ0n) is 16.4. The van der Waals surface area contributed by atoms with Crippen molar-refractivity contribution in [3.63, 3.8) is 0 Å². The molecule has 2 heterocycles. The molecular formula is C24H16FN3O3. The molecule has 0 fully saturated rings. The number of methoxy groups -OCH3 is 1. The summed E-state index contributed by atoms with van der Waals surface area (Å²) in [5, 5.41) is 5.19. The molecule has 0 saturated carbocycles. The zero-order valence-corrected chi connectivity index (χ0v) is 16.4. The summed E-state index contributed by atoms with van der Waals surface area (Å²) < 4.78 is 25.9. The van der Waals surface area contributed by atoms with Crippen molar-refractivity contribution in [3.8, 4) is 34.3 Å². The maximum absolute atomic E-state index is 13.6. The van der Waals surface area contributed by atoms with Crippen molar-refractivity contribution in [2.24, 2.45) is 0 Å². The van der Waals surface area contributed by atoms with Crippen molar-refractivity contribution in [2.75, 3.05) is 7.11 Å². The Hall–Kier alpha value is -4.26. The number of halogens is 1. The standard InChI is InChI=1S/C24H16FN3O3/c1-30-18-9-5-8-17(13-18)28-14-21(19-10-2-3-11-20(19)24(28)29)23-26-22(27-31-23)15-6-4-7-16(25)12-15/h2-14H,1H3. The van der Waals surface area contributed by atoms with Crippen molar-refractivity contribution in [1.29, 1.82) is 0 Å². The fourth-order valence-corrected chi connectivity index (χ4v) is 3.49. The van der Waals surface area contributed by atoms with Crippen LogP contribution in [0.15, 0.2) is 88.3 Å². The number of hydrogen-bond donors (Lipinski definition) is 0. The van der Waals surface area contributed by atoms with Crippen molar-refractivity contribution in [3.05, 3.63) is 95.2 Å². The largest absolute Gasteiger partial charge is 0.497 e. The summed E-state index contributed by atoms with van der Waals surface area (Å²) in [6.45, 7) is 0. The molecule has 5 rings (SSSR count). The van der Waals surface area contributed by atoms with Crippen LogP contribution in [0, 0.1) is 5.82 Å². The van der Waals surface area contributed by atoms with E-state index >= 15 is 0 Å². The number of fused-ring (bicyclic) bond motifs is 1. The lowest BCUT2D eigenvalue weighted by molar-refractivity contribution is 0.414. The molecule has 152 valence electrons. The first-order valence-corrected chi connectivity index (χ1v) is 9.53. The predicted octanol–water partition coefficient (Wildman–Crippen LogP) is 4.86. The fraction of sp³-hybridized carbons (Fsp3) is 0.0417. The Balaban J connectivity index is 1.72. The van der Waals surface area contributed by atoms with Crippen molar-refractivity contribution in [1.82, 2.24) is 14.7 Å². The molecule has 0 amide bonds. The lowest BCUT2D eigenvalue weighted by Gasteiger charge is -2.11. The van der Waals surface area contributed by atoms with Crippen molar-refractivity contribution >= 4 is 10.8 Å². The topological polar surface area (TPSA) is 70.2 Å². The molecule has 0 spiro atoms. The van der Waals surface area contributed by atoms with Gasteiger partial charge in [-0.25, -0.2) is 4.39 Å². The minimum absolute atomic E-state index is 0.183. The number of nitrogens with zero attached hydrogens (tertiary/aromatic N) is 3. The molecule has 0 radical (unpaired) electrons. The van der Waals surface area contributed by atoms with E-state index in [1.807, 2.05) is 24.3 Å². The number of hydrogen-bond acceptors (Lipinski definition) is 5. The second-order valence-electron chi connectivity index (χ2n) is 6.90. The van der Waals surface area contributed by atoms with Crippen LogP contribution in [-0.2, 0) is 0 Å². The number of ether oxygens (including phenoxy) is 1. The highest BCUT2D eigenvalue weighted by Crippen LogP contribution is 2.29. The summed E-state index contributed by atoms with van der Waals surface area (Å²) in [5.41, 5.74) is 1.55. The van der Waals surface area contributed by atoms with Crippen LogP contribution in [0.1, 0.15) is 0 Å². The highest BCUT2D eigenvalue weighted by Gasteiger charge is 2.17. The molecule has 0 aliphatic rings. The molecule has 5 aromatic rings. The number of pyridine rings is 1. The number of aromatic nitrogens is 3. The van der Waals surface area contributed by atoms with Gasteiger partial charge in [-0.2, -0.15) is 4.98 Å². The molecule has 3 aromatic carbocycles. The Morgan fingerprint density at radius 1 is 0.968 bits per heavy atom. The minimum Gasteiger partial charge on any atom is -0.497 e. The van der Waals surface area contributed by atoms with Crippen LogP contribution in [0.4, 0.5) is 4.39 Å². The van der Waals surface area contributed by atoms with E-state index in [0.29, 0.717) is 33.3 Å². The summed E-state index contributed by atoms with van der Waals surface area (Å²) in [6, 6.07) is 20.4. The Morgan fingerprint density at radius 2 is 1.77 bits per heavy atom. The smallest absolute Gasteiger partial charge is 0.262 e. The average Bonchev–Trinajstić information content (AvgIpc) is 3.30. The van der Waals surface area contributed by atoms with Gasteiger partial charge in [0.05, 0.1) is 18.4 Å². The average molecular weight is 413 g/mol. The number of benzene rings is 3. The molecule has 0 saturated heterocycles. The second kappa shape index (κ2) is 7.53. The van der Waals surface area contributed by atoms with Crippen LogP contribution in [0.3, 0.4) is 0 Å². The van der Waals surface area contributed by atoms with Gasteiger partial charge >= 0.3 is 0 Å². The van der Waals surface area contributed by atoms with Gasteiger partial charge in [-0.1, -0.05) is 41.6 Å². The van der Waals surface area contributed by atoms with E-state index in [4.69, 9.17) is 9.26 Å². The van der Waals surface area contributed by atoms with E-state index in [1.165, 1.54) is 16.7 Å². The van der Waals surface area contributed by atoms with E-state index in [2.05, 4.69) is 10.1 Å². The van der Waals surface area contributed by atoms with Gasteiger partial charge in [0.15, 0.2) is 0 Å². The lowest BCUT2D eigenvalue weighted by atomic mass is 10.1. The molecule has 0 N–H and O–H groups in total. The van der Waals surface area contributed by atoms with Gasteiger partial charge < -0.3 is 9.26 Å². The fourth-order valence-electron chi connectivity index (χ4n) is 3.49. The highest BCUT2D eigenvalue weighted by atomic mass is 19.1. The molecule has 7 heteroatoms. The van der Waals surface area contributed by atoms with Crippen molar-refractivity contribution < 1.29 is 13.7 Å². The first-order chi connectivity index (χ1) is 15.1. The normalized spacial score (nSPS) is 11.0.